The first kappa shape index (κ1) is 18.8. The smallest absolute Gasteiger partial charge is 0.317 e. The van der Waals surface area contributed by atoms with Crippen LogP contribution in [0, 0.1) is 6.92 Å². The van der Waals surface area contributed by atoms with E-state index in [0.29, 0.717) is 39.5 Å². The van der Waals surface area contributed by atoms with Crippen molar-refractivity contribution in [3.05, 3.63) is 28.8 Å². The van der Waals surface area contributed by atoms with Gasteiger partial charge >= 0.3 is 6.03 Å². The van der Waals surface area contributed by atoms with E-state index in [1.807, 2.05) is 23.1 Å². The molecule has 0 bridgehead atoms. The molecule has 134 valence electrons. The summed E-state index contributed by atoms with van der Waals surface area (Å²) in [5.41, 5.74) is 2.35. The van der Waals surface area contributed by atoms with E-state index in [1.165, 1.54) is 5.56 Å². The Hall–Kier alpha value is -1.50. The van der Waals surface area contributed by atoms with Crippen molar-refractivity contribution in [2.75, 3.05) is 64.6 Å². The van der Waals surface area contributed by atoms with Gasteiger partial charge in [0.15, 0.2) is 0 Å². The molecule has 7 heteroatoms. The Kier molecular flexibility index (Phi) is 7.62. The molecule has 1 N–H and O–H groups in total. The Morgan fingerprint density at radius 1 is 1.21 bits per heavy atom. The molecule has 2 amide bonds. The van der Waals surface area contributed by atoms with Gasteiger partial charge < -0.3 is 24.6 Å². The minimum absolute atomic E-state index is 0.0344. The van der Waals surface area contributed by atoms with Gasteiger partial charge in [-0.05, 0) is 24.6 Å². The number of methoxy groups -OCH3 is 1. The van der Waals surface area contributed by atoms with Gasteiger partial charge in [-0.1, -0.05) is 17.7 Å². The average Bonchev–Trinajstić information content (AvgIpc) is 2.60. The predicted molar refractivity (Wildman–Crippen MR) is 96.1 cm³/mol. The van der Waals surface area contributed by atoms with E-state index < -0.39 is 0 Å². The molecular weight excluding hydrogens is 330 g/mol. The summed E-state index contributed by atoms with van der Waals surface area (Å²) in [5.74, 6) is 0. The number of amides is 2. The molecule has 0 spiro atoms. The number of hydrogen-bond donors (Lipinski definition) is 1. The predicted octanol–water partition coefficient (Wildman–Crippen LogP) is 2.14. The lowest BCUT2D eigenvalue weighted by Gasteiger charge is -2.36. The van der Waals surface area contributed by atoms with Crippen LogP contribution in [0.15, 0.2) is 18.2 Å². The van der Waals surface area contributed by atoms with Crippen LogP contribution in [0.3, 0.4) is 0 Å². The zero-order chi connectivity index (χ0) is 17.4. The molecule has 0 radical (unpaired) electrons. The van der Waals surface area contributed by atoms with Gasteiger partial charge in [0.2, 0.25) is 0 Å². The van der Waals surface area contributed by atoms with Gasteiger partial charge in [-0.3, -0.25) is 0 Å². The summed E-state index contributed by atoms with van der Waals surface area (Å²) in [5, 5.41) is 3.63. The van der Waals surface area contributed by atoms with Crippen molar-refractivity contribution in [2.45, 2.75) is 6.92 Å². The summed E-state index contributed by atoms with van der Waals surface area (Å²) in [6.07, 6.45) is 0. The topological polar surface area (TPSA) is 54.0 Å². The summed E-state index contributed by atoms with van der Waals surface area (Å²) in [4.78, 5) is 16.3. The molecule has 0 unspecified atom stereocenters. The van der Waals surface area contributed by atoms with E-state index in [0.717, 1.165) is 23.8 Å². The monoisotopic (exact) mass is 355 g/mol. The number of nitrogens with zero attached hydrogens (tertiary/aromatic N) is 2. The van der Waals surface area contributed by atoms with Crippen LogP contribution >= 0.6 is 11.6 Å². The molecule has 0 saturated carbocycles. The number of benzene rings is 1. The molecular formula is C17H26ClN3O3. The van der Waals surface area contributed by atoms with Crippen LogP contribution in [-0.2, 0) is 9.47 Å². The van der Waals surface area contributed by atoms with Gasteiger partial charge in [0.25, 0.3) is 0 Å². The van der Waals surface area contributed by atoms with Crippen LogP contribution in [0.5, 0.6) is 0 Å². The minimum Gasteiger partial charge on any atom is -0.382 e. The van der Waals surface area contributed by atoms with E-state index in [2.05, 4.69) is 17.1 Å². The van der Waals surface area contributed by atoms with Crippen molar-refractivity contribution in [2.24, 2.45) is 0 Å². The molecule has 0 aromatic heterocycles. The largest absolute Gasteiger partial charge is 0.382 e. The summed E-state index contributed by atoms with van der Waals surface area (Å²) in [6, 6.07) is 5.89. The second-order valence-electron chi connectivity index (χ2n) is 5.74. The Labute approximate surface area is 148 Å². The lowest BCUT2D eigenvalue weighted by molar-refractivity contribution is 0.0720. The van der Waals surface area contributed by atoms with Crippen molar-refractivity contribution < 1.29 is 14.3 Å². The fourth-order valence-corrected chi connectivity index (χ4v) is 2.83. The molecule has 1 aromatic rings. The third-order valence-electron chi connectivity index (χ3n) is 4.03. The van der Waals surface area contributed by atoms with E-state index >= 15 is 0 Å². The Morgan fingerprint density at radius 3 is 2.67 bits per heavy atom. The van der Waals surface area contributed by atoms with E-state index in [4.69, 9.17) is 21.1 Å². The maximum atomic E-state index is 12.1. The third-order valence-corrected chi connectivity index (χ3v) is 4.27. The average molecular weight is 356 g/mol. The fraction of sp³-hybridized carbons (Fsp3) is 0.588. The van der Waals surface area contributed by atoms with Crippen LogP contribution in [0.25, 0.3) is 0 Å². The number of halogens is 1. The first-order valence-corrected chi connectivity index (χ1v) is 8.60. The standard InChI is InChI=1S/C17H26ClN3O3/c1-14-3-4-15(18)13-16(14)20-6-8-21(9-7-20)17(22)19-5-10-24-12-11-23-2/h3-4,13H,5-12H2,1-2H3,(H,19,22). The van der Waals surface area contributed by atoms with Gasteiger partial charge in [-0.25, -0.2) is 4.79 Å². The molecule has 1 fully saturated rings. The van der Waals surface area contributed by atoms with Crippen molar-refractivity contribution in [3.8, 4) is 0 Å². The van der Waals surface area contributed by atoms with Crippen molar-refractivity contribution in [1.82, 2.24) is 10.2 Å². The molecule has 1 heterocycles. The van der Waals surface area contributed by atoms with Crippen LogP contribution in [0.2, 0.25) is 5.02 Å². The third kappa shape index (κ3) is 5.54. The first-order chi connectivity index (χ1) is 11.6. The molecule has 0 atom stereocenters. The van der Waals surface area contributed by atoms with E-state index in [1.54, 1.807) is 7.11 Å². The maximum absolute atomic E-state index is 12.1. The van der Waals surface area contributed by atoms with Crippen LogP contribution < -0.4 is 10.2 Å². The number of carbonyl (C=O) groups excluding carboxylic acids is 1. The molecule has 1 aliphatic heterocycles. The summed E-state index contributed by atoms with van der Waals surface area (Å²) in [6.45, 7) is 7.20. The number of ether oxygens (including phenoxy) is 2. The summed E-state index contributed by atoms with van der Waals surface area (Å²) < 4.78 is 10.2. The fourth-order valence-electron chi connectivity index (χ4n) is 2.66. The SMILES string of the molecule is COCCOCCNC(=O)N1CCN(c2cc(Cl)ccc2C)CC1. The van der Waals surface area contributed by atoms with Gasteiger partial charge in [0.05, 0.1) is 19.8 Å². The first-order valence-electron chi connectivity index (χ1n) is 8.22. The zero-order valence-electron chi connectivity index (χ0n) is 14.4. The van der Waals surface area contributed by atoms with Gasteiger partial charge in [0.1, 0.15) is 0 Å². The molecule has 1 saturated heterocycles. The number of anilines is 1. The molecule has 1 aliphatic rings. The summed E-state index contributed by atoms with van der Waals surface area (Å²) in [7, 11) is 1.63. The van der Waals surface area contributed by atoms with Gasteiger partial charge in [-0.2, -0.15) is 0 Å². The van der Waals surface area contributed by atoms with Crippen molar-refractivity contribution in [3.63, 3.8) is 0 Å². The van der Waals surface area contributed by atoms with Crippen molar-refractivity contribution in [1.29, 1.82) is 0 Å². The number of hydrogen-bond acceptors (Lipinski definition) is 4. The lowest BCUT2D eigenvalue weighted by atomic mass is 10.1. The molecule has 1 aromatic carbocycles. The lowest BCUT2D eigenvalue weighted by Crippen LogP contribution is -2.52. The van der Waals surface area contributed by atoms with E-state index in [9.17, 15) is 4.79 Å². The zero-order valence-corrected chi connectivity index (χ0v) is 15.1. The molecule has 6 nitrogen and oxygen atoms in total. The van der Waals surface area contributed by atoms with E-state index in [-0.39, 0.29) is 6.03 Å². The number of rotatable bonds is 7. The second kappa shape index (κ2) is 9.71. The second-order valence-corrected chi connectivity index (χ2v) is 6.18. The number of aryl methyl sites for hydroxylation is 1. The highest BCUT2D eigenvalue weighted by Gasteiger charge is 2.21. The van der Waals surface area contributed by atoms with Crippen molar-refractivity contribution >= 4 is 23.3 Å². The Bertz CT molecular complexity index is 534. The highest BCUT2D eigenvalue weighted by Crippen LogP contribution is 2.25. The number of nitrogens with one attached hydrogen (secondary N) is 1. The number of urea groups is 1. The quantitative estimate of drug-likeness (QED) is 0.761. The van der Waals surface area contributed by atoms with Crippen LogP contribution in [0.1, 0.15) is 5.56 Å². The van der Waals surface area contributed by atoms with Gasteiger partial charge in [-0.15, -0.1) is 0 Å². The van der Waals surface area contributed by atoms with Gasteiger partial charge in [0, 0.05) is 50.5 Å². The minimum atomic E-state index is -0.0344. The number of piperazine rings is 1. The Morgan fingerprint density at radius 2 is 1.96 bits per heavy atom. The molecule has 24 heavy (non-hydrogen) atoms. The van der Waals surface area contributed by atoms with Crippen LogP contribution in [0.4, 0.5) is 10.5 Å². The highest BCUT2D eigenvalue weighted by molar-refractivity contribution is 6.30. The number of carbonyl (C=O) groups is 1. The normalized spacial score (nSPS) is 14.8. The highest BCUT2D eigenvalue weighted by atomic mass is 35.5. The van der Waals surface area contributed by atoms with Crippen LogP contribution in [-0.4, -0.2) is 70.6 Å². The summed E-state index contributed by atoms with van der Waals surface area (Å²) >= 11 is 6.10. The maximum Gasteiger partial charge on any atom is 0.317 e. The Balaban J connectivity index is 1.72. The molecule has 0 aliphatic carbocycles. The molecule has 2 rings (SSSR count).